The summed E-state index contributed by atoms with van der Waals surface area (Å²) < 4.78 is 0. The summed E-state index contributed by atoms with van der Waals surface area (Å²) in [5.74, 6) is 0.959. The maximum atomic E-state index is 2.44. The molecule has 2 aliphatic carbocycles. The van der Waals surface area contributed by atoms with Crippen molar-refractivity contribution in [1.29, 1.82) is 0 Å². The van der Waals surface area contributed by atoms with Gasteiger partial charge in [0.2, 0.25) is 0 Å². The maximum absolute atomic E-state index is 2.44. The molecule has 3 rings (SSSR count). The molecule has 0 aromatic heterocycles. The average Bonchev–Trinajstić information content (AvgIpc) is 2.85. The highest BCUT2D eigenvalue weighted by molar-refractivity contribution is 5.43. The van der Waals surface area contributed by atoms with Crippen LogP contribution in [0.2, 0.25) is 0 Å². The molecule has 1 aromatic rings. The van der Waals surface area contributed by atoms with E-state index in [9.17, 15) is 0 Å². The summed E-state index contributed by atoms with van der Waals surface area (Å²) in [7, 11) is 4.48. The van der Waals surface area contributed by atoms with E-state index in [4.69, 9.17) is 0 Å². The second-order valence-corrected chi connectivity index (χ2v) is 5.81. The molecule has 0 N–H and O–H groups in total. The fraction of sp³-hybridized carbons (Fsp3) is 0.600. The second kappa shape index (κ2) is 3.33. The Kier molecular flexibility index (Phi) is 2.16. The van der Waals surface area contributed by atoms with Crippen molar-refractivity contribution in [1.82, 2.24) is 4.90 Å². The Bertz CT molecular complexity index is 410. The van der Waals surface area contributed by atoms with Crippen LogP contribution >= 0.6 is 0 Å². The van der Waals surface area contributed by atoms with Gasteiger partial charge in [0.1, 0.15) is 0 Å². The number of hydrogen-bond donors (Lipinski definition) is 0. The first-order valence-corrected chi connectivity index (χ1v) is 6.39. The minimum atomic E-state index is 0.509. The van der Waals surface area contributed by atoms with Gasteiger partial charge in [-0.3, -0.25) is 0 Å². The van der Waals surface area contributed by atoms with E-state index in [1.807, 2.05) is 0 Å². The van der Waals surface area contributed by atoms with Crippen LogP contribution in [0, 0.1) is 12.8 Å². The fourth-order valence-corrected chi connectivity index (χ4v) is 4.06. The fourth-order valence-electron chi connectivity index (χ4n) is 4.06. The van der Waals surface area contributed by atoms with Gasteiger partial charge in [-0.05, 0) is 57.3 Å². The van der Waals surface area contributed by atoms with Gasteiger partial charge in [-0.2, -0.15) is 0 Å². The summed E-state index contributed by atoms with van der Waals surface area (Å²) in [5, 5.41) is 0. The molecule has 16 heavy (non-hydrogen) atoms. The predicted octanol–water partition coefficient (Wildman–Crippen LogP) is 2.98. The molecule has 86 valence electrons. The molecule has 0 saturated heterocycles. The first kappa shape index (κ1) is 10.3. The number of nitrogens with zero attached hydrogens (tertiary/aromatic N) is 1. The zero-order valence-corrected chi connectivity index (χ0v) is 10.5. The highest BCUT2D eigenvalue weighted by Gasteiger charge is 2.64. The second-order valence-electron chi connectivity index (χ2n) is 5.81. The van der Waals surface area contributed by atoms with Crippen LogP contribution in [0.25, 0.3) is 0 Å². The zero-order valence-electron chi connectivity index (χ0n) is 10.5. The van der Waals surface area contributed by atoms with E-state index in [1.165, 1.54) is 24.8 Å². The van der Waals surface area contributed by atoms with E-state index in [0.29, 0.717) is 5.41 Å². The van der Waals surface area contributed by atoms with Crippen molar-refractivity contribution >= 4 is 0 Å². The molecular formula is C15H21N. The number of fused-ring (bicyclic) bond motifs is 1. The van der Waals surface area contributed by atoms with Crippen LogP contribution in [0.15, 0.2) is 24.3 Å². The lowest BCUT2D eigenvalue weighted by molar-refractivity contribution is 0.249. The zero-order chi connectivity index (χ0) is 11.3. The van der Waals surface area contributed by atoms with Gasteiger partial charge in [0.25, 0.3) is 0 Å². The largest absolute Gasteiger partial charge is 0.306 e. The lowest BCUT2D eigenvalue weighted by Gasteiger charge is -2.31. The molecule has 3 atom stereocenters. The summed E-state index contributed by atoms with van der Waals surface area (Å²) in [6.07, 6.45) is 4.23. The third-order valence-electron chi connectivity index (χ3n) is 4.81. The first-order chi connectivity index (χ1) is 7.66. The third kappa shape index (κ3) is 1.21. The number of benzene rings is 1. The van der Waals surface area contributed by atoms with Crippen LogP contribution in [-0.4, -0.2) is 25.0 Å². The van der Waals surface area contributed by atoms with Crippen molar-refractivity contribution in [3.63, 3.8) is 0 Å². The standard InChI is InChI=1S/C15H21N/c1-11-6-4-5-7-13(11)15-10-12(15)8-9-14(15)16(2)3/h4-7,12,14H,8-10H2,1-3H3. The molecule has 0 amide bonds. The lowest BCUT2D eigenvalue weighted by Crippen LogP contribution is -2.37. The van der Waals surface area contributed by atoms with Gasteiger partial charge in [-0.25, -0.2) is 0 Å². The highest BCUT2D eigenvalue weighted by atomic mass is 15.1. The minimum Gasteiger partial charge on any atom is -0.306 e. The van der Waals surface area contributed by atoms with E-state index >= 15 is 0 Å². The lowest BCUT2D eigenvalue weighted by atomic mass is 9.85. The Balaban J connectivity index is 2.04. The Labute approximate surface area is 98.5 Å². The third-order valence-corrected chi connectivity index (χ3v) is 4.81. The molecule has 2 saturated carbocycles. The van der Waals surface area contributed by atoms with Crippen LogP contribution in [0.4, 0.5) is 0 Å². The Hall–Kier alpha value is -0.820. The maximum Gasteiger partial charge on any atom is 0.0189 e. The quantitative estimate of drug-likeness (QED) is 0.733. The summed E-state index contributed by atoms with van der Waals surface area (Å²) in [5.41, 5.74) is 3.62. The van der Waals surface area contributed by atoms with Crippen molar-refractivity contribution in [3.8, 4) is 0 Å². The monoisotopic (exact) mass is 215 g/mol. The molecule has 0 aliphatic heterocycles. The van der Waals surface area contributed by atoms with Gasteiger partial charge in [0, 0.05) is 11.5 Å². The van der Waals surface area contributed by atoms with Crippen molar-refractivity contribution in [2.24, 2.45) is 5.92 Å². The van der Waals surface area contributed by atoms with Gasteiger partial charge in [-0.15, -0.1) is 0 Å². The molecular weight excluding hydrogens is 194 g/mol. The number of aryl methyl sites for hydroxylation is 1. The van der Waals surface area contributed by atoms with Crippen LogP contribution in [0.3, 0.4) is 0 Å². The van der Waals surface area contributed by atoms with Crippen LogP contribution in [-0.2, 0) is 5.41 Å². The molecule has 0 radical (unpaired) electrons. The summed E-state index contributed by atoms with van der Waals surface area (Å²) in [6.45, 7) is 2.27. The predicted molar refractivity (Wildman–Crippen MR) is 67.7 cm³/mol. The van der Waals surface area contributed by atoms with Gasteiger partial charge in [0.15, 0.2) is 0 Å². The van der Waals surface area contributed by atoms with Crippen LogP contribution < -0.4 is 0 Å². The molecule has 1 nitrogen and oxygen atoms in total. The van der Waals surface area contributed by atoms with Crippen molar-refractivity contribution in [2.45, 2.75) is 37.6 Å². The Morgan fingerprint density at radius 3 is 2.56 bits per heavy atom. The summed E-state index contributed by atoms with van der Waals surface area (Å²) in [6, 6.07) is 9.75. The van der Waals surface area contributed by atoms with E-state index in [0.717, 1.165) is 12.0 Å². The molecule has 2 fully saturated rings. The molecule has 3 unspecified atom stereocenters. The summed E-state index contributed by atoms with van der Waals surface area (Å²) in [4.78, 5) is 2.44. The van der Waals surface area contributed by atoms with Gasteiger partial charge in [-0.1, -0.05) is 24.3 Å². The Morgan fingerprint density at radius 2 is 1.94 bits per heavy atom. The highest BCUT2D eigenvalue weighted by Crippen LogP contribution is 2.65. The van der Waals surface area contributed by atoms with E-state index in [2.05, 4.69) is 50.2 Å². The van der Waals surface area contributed by atoms with Crippen LogP contribution in [0.1, 0.15) is 30.4 Å². The molecule has 0 spiro atoms. The van der Waals surface area contributed by atoms with Gasteiger partial charge < -0.3 is 4.90 Å². The van der Waals surface area contributed by atoms with Crippen LogP contribution in [0.5, 0.6) is 0 Å². The SMILES string of the molecule is Cc1ccccc1C12CC1CCC2N(C)C. The molecule has 1 heteroatoms. The minimum absolute atomic E-state index is 0.509. The molecule has 2 aliphatic rings. The molecule has 0 heterocycles. The first-order valence-electron chi connectivity index (χ1n) is 6.39. The molecule has 0 bridgehead atoms. The smallest absolute Gasteiger partial charge is 0.0189 e. The molecule has 1 aromatic carbocycles. The van der Waals surface area contributed by atoms with Crippen molar-refractivity contribution < 1.29 is 0 Å². The van der Waals surface area contributed by atoms with Crippen molar-refractivity contribution in [3.05, 3.63) is 35.4 Å². The normalized spacial score (nSPS) is 36.5. The number of hydrogen-bond acceptors (Lipinski definition) is 1. The average molecular weight is 215 g/mol. The van der Waals surface area contributed by atoms with E-state index < -0.39 is 0 Å². The Morgan fingerprint density at radius 1 is 1.19 bits per heavy atom. The topological polar surface area (TPSA) is 3.24 Å². The van der Waals surface area contributed by atoms with E-state index in [-0.39, 0.29) is 0 Å². The van der Waals surface area contributed by atoms with Crippen molar-refractivity contribution in [2.75, 3.05) is 14.1 Å². The summed E-state index contributed by atoms with van der Waals surface area (Å²) >= 11 is 0. The van der Waals surface area contributed by atoms with E-state index in [1.54, 1.807) is 5.56 Å². The number of rotatable bonds is 2. The van der Waals surface area contributed by atoms with Gasteiger partial charge >= 0.3 is 0 Å². The van der Waals surface area contributed by atoms with Gasteiger partial charge in [0.05, 0.1) is 0 Å². The number of likely N-dealkylation sites (N-methyl/N-ethyl adjacent to an activating group) is 1.